The number of hydrogen-bond donors (Lipinski definition) is 2. The van der Waals surface area contributed by atoms with Gasteiger partial charge >= 0.3 is 0 Å². The molecular formula is C11H12N2O2. The van der Waals surface area contributed by atoms with Crippen molar-refractivity contribution in [2.24, 2.45) is 0 Å². The lowest BCUT2D eigenvalue weighted by atomic mass is 10.0. The number of nitrogen functional groups attached to an aromatic ring is 1. The third-order valence-electron chi connectivity index (χ3n) is 2.24. The molecule has 0 aliphatic rings. The zero-order valence-electron chi connectivity index (χ0n) is 8.18. The second-order valence-electron chi connectivity index (χ2n) is 3.25. The third-order valence-corrected chi connectivity index (χ3v) is 2.24. The summed E-state index contributed by atoms with van der Waals surface area (Å²) in [5.74, 6) is 0. The Morgan fingerprint density at radius 2 is 2.13 bits per heavy atom. The van der Waals surface area contributed by atoms with E-state index < -0.39 is 0 Å². The molecule has 1 heterocycles. The molecule has 4 nitrogen and oxygen atoms in total. The van der Waals surface area contributed by atoms with Crippen LogP contribution < -0.4 is 5.73 Å². The number of aliphatic hydroxyl groups excluding tert-OH is 1. The van der Waals surface area contributed by atoms with E-state index in [1.165, 1.54) is 6.26 Å². The Balaban J connectivity index is 2.45. The average molecular weight is 204 g/mol. The average Bonchev–Trinajstić information content (AvgIpc) is 2.67. The summed E-state index contributed by atoms with van der Waals surface area (Å²) < 4.78 is 4.89. The van der Waals surface area contributed by atoms with Crippen molar-refractivity contribution >= 4 is 5.69 Å². The van der Waals surface area contributed by atoms with E-state index in [0.717, 1.165) is 11.1 Å². The van der Waals surface area contributed by atoms with Gasteiger partial charge in [0.2, 0.25) is 0 Å². The summed E-state index contributed by atoms with van der Waals surface area (Å²) in [5.41, 5.74) is 8.91. The van der Waals surface area contributed by atoms with E-state index in [1.807, 2.05) is 24.3 Å². The van der Waals surface area contributed by atoms with Gasteiger partial charge in [-0.3, -0.25) is 0 Å². The quantitative estimate of drug-likeness (QED) is 0.742. The smallest absolute Gasteiger partial charge is 0.127 e. The van der Waals surface area contributed by atoms with Gasteiger partial charge in [0.15, 0.2) is 0 Å². The Kier molecular flexibility index (Phi) is 2.69. The molecule has 4 heteroatoms. The normalized spacial score (nSPS) is 10.5. The number of hydrogen-bond acceptors (Lipinski definition) is 4. The first-order chi connectivity index (χ1) is 7.33. The van der Waals surface area contributed by atoms with Gasteiger partial charge in [-0.15, -0.1) is 0 Å². The number of anilines is 1. The highest BCUT2D eigenvalue weighted by molar-refractivity contribution is 5.75. The van der Waals surface area contributed by atoms with Crippen LogP contribution in [0.4, 0.5) is 5.69 Å². The molecular weight excluding hydrogens is 192 g/mol. The molecule has 2 aromatic rings. The molecule has 0 radical (unpaired) electrons. The number of nitrogens with zero attached hydrogens (tertiary/aromatic N) is 1. The SMILES string of the molecule is Nc1ccccc1-c1nocc1CCO. The molecule has 2 rings (SSSR count). The largest absolute Gasteiger partial charge is 0.398 e. The first-order valence-corrected chi connectivity index (χ1v) is 4.72. The predicted molar refractivity (Wildman–Crippen MR) is 57.1 cm³/mol. The Morgan fingerprint density at radius 1 is 1.33 bits per heavy atom. The van der Waals surface area contributed by atoms with Crippen LogP contribution in [0.3, 0.4) is 0 Å². The van der Waals surface area contributed by atoms with Gasteiger partial charge in [0.05, 0.1) is 0 Å². The van der Waals surface area contributed by atoms with Gasteiger partial charge in [0.25, 0.3) is 0 Å². The van der Waals surface area contributed by atoms with Crippen molar-refractivity contribution in [3.8, 4) is 11.3 Å². The zero-order valence-corrected chi connectivity index (χ0v) is 8.18. The van der Waals surface area contributed by atoms with Crippen molar-refractivity contribution < 1.29 is 9.63 Å². The lowest BCUT2D eigenvalue weighted by molar-refractivity contribution is 0.299. The van der Waals surface area contributed by atoms with E-state index in [1.54, 1.807) is 0 Å². The third kappa shape index (κ3) is 1.85. The van der Waals surface area contributed by atoms with E-state index in [2.05, 4.69) is 5.16 Å². The summed E-state index contributed by atoms with van der Waals surface area (Å²) in [6.45, 7) is 0.0704. The van der Waals surface area contributed by atoms with Crippen molar-refractivity contribution in [1.82, 2.24) is 5.16 Å². The Hall–Kier alpha value is -1.81. The van der Waals surface area contributed by atoms with E-state index in [-0.39, 0.29) is 6.61 Å². The molecule has 0 spiro atoms. The fraction of sp³-hybridized carbons (Fsp3) is 0.182. The summed E-state index contributed by atoms with van der Waals surface area (Å²) in [5, 5.41) is 12.8. The molecule has 0 fully saturated rings. The molecule has 1 aromatic heterocycles. The zero-order chi connectivity index (χ0) is 10.7. The molecule has 0 bridgehead atoms. The van der Waals surface area contributed by atoms with E-state index in [4.69, 9.17) is 15.4 Å². The first-order valence-electron chi connectivity index (χ1n) is 4.72. The maximum atomic E-state index is 8.88. The van der Waals surface area contributed by atoms with Crippen LogP contribution in [0.1, 0.15) is 5.56 Å². The molecule has 0 atom stereocenters. The minimum absolute atomic E-state index is 0.0704. The molecule has 0 amide bonds. The van der Waals surface area contributed by atoms with Crippen molar-refractivity contribution in [2.45, 2.75) is 6.42 Å². The van der Waals surface area contributed by atoms with Crippen LogP contribution in [0.2, 0.25) is 0 Å². The van der Waals surface area contributed by atoms with E-state index in [0.29, 0.717) is 17.8 Å². The number of nitrogens with two attached hydrogens (primary N) is 1. The number of aliphatic hydroxyl groups is 1. The molecule has 0 saturated heterocycles. The van der Waals surface area contributed by atoms with Crippen LogP contribution >= 0.6 is 0 Å². The molecule has 15 heavy (non-hydrogen) atoms. The maximum absolute atomic E-state index is 8.88. The van der Waals surface area contributed by atoms with Crippen molar-refractivity contribution in [2.75, 3.05) is 12.3 Å². The second-order valence-corrected chi connectivity index (χ2v) is 3.25. The van der Waals surface area contributed by atoms with Crippen LogP contribution in [-0.4, -0.2) is 16.9 Å². The Labute approximate surface area is 87.3 Å². The number of para-hydroxylation sites is 1. The van der Waals surface area contributed by atoms with Crippen LogP contribution in [0, 0.1) is 0 Å². The van der Waals surface area contributed by atoms with Gasteiger partial charge < -0.3 is 15.4 Å². The number of rotatable bonds is 3. The van der Waals surface area contributed by atoms with Gasteiger partial charge in [-0.25, -0.2) is 0 Å². The van der Waals surface area contributed by atoms with Crippen LogP contribution in [0.15, 0.2) is 35.1 Å². The van der Waals surface area contributed by atoms with E-state index >= 15 is 0 Å². The topological polar surface area (TPSA) is 72.3 Å². The standard InChI is InChI=1S/C11H12N2O2/c12-10-4-2-1-3-9(10)11-8(5-6-14)7-15-13-11/h1-4,7,14H,5-6,12H2. The molecule has 1 aromatic carbocycles. The minimum Gasteiger partial charge on any atom is -0.398 e. The summed E-state index contributed by atoms with van der Waals surface area (Å²) in [7, 11) is 0. The summed E-state index contributed by atoms with van der Waals surface area (Å²) >= 11 is 0. The molecule has 0 unspecified atom stereocenters. The molecule has 3 N–H and O–H groups in total. The monoisotopic (exact) mass is 204 g/mol. The van der Waals surface area contributed by atoms with Gasteiger partial charge in [-0.2, -0.15) is 0 Å². The van der Waals surface area contributed by atoms with E-state index in [9.17, 15) is 0 Å². The van der Waals surface area contributed by atoms with Crippen LogP contribution in [-0.2, 0) is 6.42 Å². The summed E-state index contributed by atoms with van der Waals surface area (Å²) in [4.78, 5) is 0. The first kappa shape index (κ1) is 9.73. The highest BCUT2D eigenvalue weighted by Gasteiger charge is 2.11. The number of benzene rings is 1. The molecule has 78 valence electrons. The fourth-order valence-electron chi connectivity index (χ4n) is 1.49. The lowest BCUT2D eigenvalue weighted by Crippen LogP contribution is -1.94. The summed E-state index contributed by atoms with van der Waals surface area (Å²) in [6, 6.07) is 7.45. The molecule has 0 saturated carbocycles. The molecule has 0 aliphatic heterocycles. The van der Waals surface area contributed by atoms with Crippen molar-refractivity contribution in [1.29, 1.82) is 0 Å². The van der Waals surface area contributed by atoms with Crippen LogP contribution in [0.5, 0.6) is 0 Å². The van der Waals surface area contributed by atoms with Crippen molar-refractivity contribution in [3.63, 3.8) is 0 Å². The second kappa shape index (κ2) is 4.14. The maximum Gasteiger partial charge on any atom is 0.127 e. The Morgan fingerprint density at radius 3 is 2.87 bits per heavy atom. The Bertz CT molecular complexity index is 451. The van der Waals surface area contributed by atoms with Gasteiger partial charge in [0, 0.05) is 29.8 Å². The van der Waals surface area contributed by atoms with Gasteiger partial charge in [0.1, 0.15) is 12.0 Å². The lowest BCUT2D eigenvalue weighted by Gasteiger charge is -2.02. The van der Waals surface area contributed by atoms with Crippen molar-refractivity contribution in [3.05, 3.63) is 36.1 Å². The highest BCUT2D eigenvalue weighted by atomic mass is 16.5. The number of aromatic nitrogens is 1. The van der Waals surface area contributed by atoms with Gasteiger partial charge in [-0.05, 0) is 6.07 Å². The fourth-order valence-corrected chi connectivity index (χ4v) is 1.49. The molecule has 0 aliphatic carbocycles. The predicted octanol–water partition coefficient (Wildman–Crippen LogP) is 1.46. The highest BCUT2D eigenvalue weighted by Crippen LogP contribution is 2.27. The summed E-state index contributed by atoms with van der Waals surface area (Å²) in [6.07, 6.45) is 2.06. The van der Waals surface area contributed by atoms with Gasteiger partial charge in [-0.1, -0.05) is 23.4 Å². The minimum atomic E-state index is 0.0704. The van der Waals surface area contributed by atoms with Crippen LogP contribution in [0.25, 0.3) is 11.3 Å².